The molecule has 1 unspecified atom stereocenters. The Balaban J connectivity index is 1.75. The van der Waals surface area contributed by atoms with E-state index in [1.165, 1.54) is 25.1 Å². The predicted octanol–water partition coefficient (Wildman–Crippen LogP) is 4.78. The molecule has 1 N–H and O–H groups in total. The molecule has 2 aromatic carbocycles. The fourth-order valence-corrected chi connectivity index (χ4v) is 2.65. The van der Waals surface area contributed by atoms with Crippen molar-refractivity contribution in [3.63, 3.8) is 0 Å². The summed E-state index contributed by atoms with van der Waals surface area (Å²) in [5.74, 6) is -0.735. The monoisotopic (exact) mass is 471 g/mol. The van der Waals surface area contributed by atoms with Gasteiger partial charge in [0, 0.05) is 10.9 Å². The Morgan fingerprint density at radius 3 is 2.62 bits per heavy atom. The van der Waals surface area contributed by atoms with Crippen molar-refractivity contribution in [1.82, 2.24) is 0 Å². The third-order valence-corrected chi connectivity index (χ3v) is 4.12. The van der Waals surface area contributed by atoms with Crippen LogP contribution in [0.25, 0.3) is 0 Å². The van der Waals surface area contributed by atoms with Crippen molar-refractivity contribution in [2.45, 2.75) is 32.5 Å². The van der Waals surface area contributed by atoms with E-state index in [1.807, 2.05) is 12.1 Å². The van der Waals surface area contributed by atoms with Gasteiger partial charge in [0.2, 0.25) is 0 Å². The highest BCUT2D eigenvalue weighted by Gasteiger charge is 2.19. The number of hydrogen-bond acceptors (Lipinski definition) is 5. The zero-order valence-electron chi connectivity index (χ0n) is 15.6. The molecule has 0 heterocycles. The maximum absolute atomic E-state index is 12.4. The molecule has 0 aliphatic rings. The lowest BCUT2D eigenvalue weighted by atomic mass is 10.2. The molecule has 0 saturated carbocycles. The smallest absolute Gasteiger partial charge is 0.387 e. The molecule has 0 fully saturated rings. The number of hydrogen-bond donors (Lipinski definition) is 1. The summed E-state index contributed by atoms with van der Waals surface area (Å²) in [6, 6.07) is 13.1. The van der Waals surface area contributed by atoms with Crippen molar-refractivity contribution in [1.29, 1.82) is 0 Å². The van der Waals surface area contributed by atoms with Gasteiger partial charge in [0.15, 0.2) is 6.10 Å². The minimum atomic E-state index is -3.03. The normalized spacial score (nSPS) is 11.6. The number of benzene rings is 2. The number of halogens is 3. The SMILES string of the molecule is CC(OC(=O)CCCOc1cccc(Br)c1)C(=O)Nc1ccccc1OC(F)F. The molecule has 0 aliphatic heterocycles. The molecule has 0 spiro atoms. The molecule has 0 bridgehead atoms. The number of para-hydroxylation sites is 2. The van der Waals surface area contributed by atoms with Crippen molar-refractivity contribution in [3.05, 3.63) is 53.0 Å². The van der Waals surface area contributed by atoms with E-state index < -0.39 is 24.6 Å². The van der Waals surface area contributed by atoms with Gasteiger partial charge in [-0.1, -0.05) is 34.1 Å². The Bertz CT molecular complexity index is 834. The van der Waals surface area contributed by atoms with Crippen LogP contribution in [-0.2, 0) is 14.3 Å². The molecule has 0 saturated heterocycles. The van der Waals surface area contributed by atoms with Gasteiger partial charge in [-0.2, -0.15) is 8.78 Å². The second-order valence-corrected chi connectivity index (χ2v) is 6.82. The number of alkyl halides is 2. The zero-order chi connectivity index (χ0) is 21.2. The third kappa shape index (κ3) is 8.06. The molecule has 1 amide bonds. The molecule has 1 atom stereocenters. The van der Waals surface area contributed by atoms with Crippen LogP contribution in [0.4, 0.5) is 14.5 Å². The number of carbonyl (C=O) groups is 2. The maximum Gasteiger partial charge on any atom is 0.387 e. The van der Waals surface area contributed by atoms with E-state index in [9.17, 15) is 18.4 Å². The van der Waals surface area contributed by atoms with E-state index in [2.05, 4.69) is 26.0 Å². The fourth-order valence-electron chi connectivity index (χ4n) is 2.28. The summed E-state index contributed by atoms with van der Waals surface area (Å²) in [5.41, 5.74) is 0.0584. The lowest BCUT2D eigenvalue weighted by Crippen LogP contribution is -2.30. The van der Waals surface area contributed by atoms with Gasteiger partial charge in [-0.3, -0.25) is 9.59 Å². The second kappa shape index (κ2) is 11.4. The number of nitrogens with one attached hydrogen (secondary N) is 1. The fraction of sp³-hybridized carbons (Fsp3) is 0.300. The van der Waals surface area contributed by atoms with Crippen LogP contribution in [0.15, 0.2) is 53.0 Å². The highest BCUT2D eigenvalue weighted by atomic mass is 79.9. The van der Waals surface area contributed by atoms with Crippen LogP contribution in [-0.4, -0.2) is 31.2 Å². The number of anilines is 1. The van der Waals surface area contributed by atoms with Crippen molar-refractivity contribution in [2.24, 2.45) is 0 Å². The molecule has 156 valence electrons. The summed E-state index contributed by atoms with van der Waals surface area (Å²) in [5, 5.41) is 2.41. The van der Waals surface area contributed by atoms with Gasteiger partial charge in [0.05, 0.1) is 12.3 Å². The van der Waals surface area contributed by atoms with Crippen LogP contribution in [0.5, 0.6) is 11.5 Å². The third-order valence-electron chi connectivity index (χ3n) is 3.63. The Morgan fingerprint density at radius 2 is 1.90 bits per heavy atom. The summed E-state index contributed by atoms with van der Waals surface area (Å²) >= 11 is 3.34. The Morgan fingerprint density at radius 1 is 1.14 bits per heavy atom. The Hall–Kier alpha value is -2.68. The summed E-state index contributed by atoms with van der Waals surface area (Å²) in [6.07, 6.45) is -0.630. The molecular formula is C20H20BrF2NO5. The van der Waals surface area contributed by atoms with Gasteiger partial charge in [0.1, 0.15) is 11.5 Å². The van der Waals surface area contributed by atoms with Crippen LogP contribution in [0, 0.1) is 0 Å². The molecule has 0 aromatic heterocycles. The van der Waals surface area contributed by atoms with Crippen molar-refractivity contribution >= 4 is 33.5 Å². The van der Waals surface area contributed by atoms with E-state index in [0.29, 0.717) is 18.8 Å². The lowest BCUT2D eigenvalue weighted by Gasteiger charge is -2.15. The second-order valence-electron chi connectivity index (χ2n) is 5.91. The number of rotatable bonds is 10. The van der Waals surface area contributed by atoms with Gasteiger partial charge in [0.25, 0.3) is 5.91 Å². The molecule has 2 rings (SSSR count). The Kier molecular flexibility index (Phi) is 8.85. The number of amides is 1. The molecule has 6 nitrogen and oxygen atoms in total. The van der Waals surface area contributed by atoms with E-state index in [1.54, 1.807) is 18.2 Å². The van der Waals surface area contributed by atoms with E-state index >= 15 is 0 Å². The van der Waals surface area contributed by atoms with E-state index in [0.717, 1.165) is 4.47 Å². The average Bonchev–Trinajstić information content (AvgIpc) is 2.66. The maximum atomic E-state index is 12.4. The summed E-state index contributed by atoms with van der Waals surface area (Å²) < 4.78 is 40.7. The van der Waals surface area contributed by atoms with Gasteiger partial charge in [-0.05, 0) is 43.7 Å². The predicted molar refractivity (Wildman–Crippen MR) is 106 cm³/mol. The lowest BCUT2D eigenvalue weighted by molar-refractivity contribution is -0.153. The molecule has 29 heavy (non-hydrogen) atoms. The number of ether oxygens (including phenoxy) is 3. The highest BCUT2D eigenvalue weighted by molar-refractivity contribution is 9.10. The van der Waals surface area contributed by atoms with Gasteiger partial charge < -0.3 is 19.5 Å². The first-order chi connectivity index (χ1) is 13.8. The summed E-state index contributed by atoms with van der Waals surface area (Å²) in [7, 11) is 0. The van der Waals surface area contributed by atoms with Crippen LogP contribution >= 0.6 is 15.9 Å². The molecule has 0 aliphatic carbocycles. The molecular weight excluding hydrogens is 452 g/mol. The van der Waals surface area contributed by atoms with Gasteiger partial charge in [-0.15, -0.1) is 0 Å². The molecule has 0 radical (unpaired) electrons. The standard InChI is InChI=1S/C20H20BrF2NO5/c1-13(19(26)24-16-8-2-3-9-17(16)29-20(22)23)28-18(25)10-5-11-27-15-7-4-6-14(21)12-15/h2-4,6-9,12-13,20H,5,10-11H2,1H3,(H,24,26). The minimum absolute atomic E-state index is 0.0584. The Labute approximate surface area is 175 Å². The first kappa shape index (κ1) is 22.6. The first-order valence-corrected chi connectivity index (χ1v) is 9.57. The number of esters is 1. The van der Waals surface area contributed by atoms with Crippen LogP contribution in [0.3, 0.4) is 0 Å². The average molecular weight is 472 g/mol. The zero-order valence-corrected chi connectivity index (χ0v) is 17.2. The van der Waals surface area contributed by atoms with Crippen LogP contribution < -0.4 is 14.8 Å². The summed E-state index contributed by atoms with van der Waals surface area (Å²) in [6.45, 7) is -1.32. The topological polar surface area (TPSA) is 73.9 Å². The van der Waals surface area contributed by atoms with E-state index in [-0.39, 0.29) is 17.9 Å². The largest absolute Gasteiger partial charge is 0.494 e. The molecule has 2 aromatic rings. The van der Waals surface area contributed by atoms with Crippen LogP contribution in [0.1, 0.15) is 19.8 Å². The quantitative estimate of drug-likeness (QED) is 0.398. The van der Waals surface area contributed by atoms with E-state index in [4.69, 9.17) is 9.47 Å². The van der Waals surface area contributed by atoms with Gasteiger partial charge >= 0.3 is 12.6 Å². The first-order valence-electron chi connectivity index (χ1n) is 8.77. The van der Waals surface area contributed by atoms with Crippen LogP contribution in [0.2, 0.25) is 0 Å². The van der Waals surface area contributed by atoms with Crippen molar-refractivity contribution in [3.8, 4) is 11.5 Å². The summed E-state index contributed by atoms with van der Waals surface area (Å²) in [4.78, 5) is 24.1. The van der Waals surface area contributed by atoms with Crippen molar-refractivity contribution in [2.75, 3.05) is 11.9 Å². The number of carbonyl (C=O) groups excluding carboxylic acids is 2. The highest BCUT2D eigenvalue weighted by Crippen LogP contribution is 2.25. The minimum Gasteiger partial charge on any atom is -0.494 e. The van der Waals surface area contributed by atoms with Gasteiger partial charge in [-0.25, -0.2) is 0 Å². The molecule has 9 heteroatoms. The van der Waals surface area contributed by atoms with Crippen molar-refractivity contribution < 1.29 is 32.6 Å².